The van der Waals surface area contributed by atoms with Gasteiger partial charge >= 0.3 is 5.97 Å². The van der Waals surface area contributed by atoms with Crippen LogP contribution in [0.15, 0.2) is 28.7 Å². The first-order valence-corrected chi connectivity index (χ1v) is 8.22. The van der Waals surface area contributed by atoms with Crippen LogP contribution < -0.4 is 10.1 Å². The number of rotatable bonds is 8. The lowest BCUT2D eigenvalue weighted by atomic mass is 10.3. The molecule has 1 saturated carbocycles. The average molecular weight is 370 g/mol. The van der Waals surface area contributed by atoms with Gasteiger partial charge < -0.3 is 14.8 Å². The quantitative estimate of drug-likeness (QED) is 0.565. The molecule has 0 heterocycles. The predicted octanol–water partition coefficient (Wildman–Crippen LogP) is 2.82. The van der Waals surface area contributed by atoms with Crippen molar-refractivity contribution in [1.29, 1.82) is 0 Å². The van der Waals surface area contributed by atoms with Crippen molar-refractivity contribution in [2.75, 3.05) is 6.61 Å². The van der Waals surface area contributed by atoms with Crippen molar-refractivity contribution in [1.82, 2.24) is 5.32 Å². The third-order valence-electron chi connectivity index (χ3n) is 3.21. The SMILES string of the molecule is C[C@@H](OC(=O)CCCOc1ccc(Br)cc1)C(=O)NC1CC1. The van der Waals surface area contributed by atoms with Crippen LogP contribution in [-0.4, -0.2) is 30.6 Å². The summed E-state index contributed by atoms with van der Waals surface area (Å²) in [7, 11) is 0. The van der Waals surface area contributed by atoms with Crippen molar-refractivity contribution in [3.63, 3.8) is 0 Å². The van der Waals surface area contributed by atoms with E-state index < -0.39 is 6.10 Å². The Labute approximate surface area is 138 Å². The standard InChI is InChI=1S/C16H20BrNO4/c1-11(16(20)18-13-6-7-13)22-15(19)3-2-10-21-14-8-4-12(17)5-9-14/h4-5,8-9,11,13H,2-3,6-7,10H2,1H3,(H,18,20)/t11-/m1/s1. The first kappa shape index (κ1) is 16.8. The topological polar surface area (TPSA) is 64.6 Å². The largest absolute Gasteiger partial charge is 0.494 e. The van der Waals surface area contributed by atoms with Gasteiger partial charge in [0.1, 0.15) is 5.75 Å². The lowest BCUT2D eigenvalue weighted by Gasteiger charge is -2.13. The molecule has 2 rings (SSSR count). The smallest absolute Gasteiger partial charge is 0.306 e. The molecule has 1 aromatic carbocycles. The van der Waals surface area contributed by atoms with Gasteiger partial charge in [0, 0.05) is 16.9 Å². The second-order valence-corrected chi connectivity index (χ2v) is 6.24. The highest BCUT2D eigenvalue weighted by molar-refractivity contribution is 9.10. The van der Waals surface area contributed by atoms with Gasteiger partial charge in [-0.25, -0.2) is 0 Å². The van der Waals surface area contributed by atoms with Crippen LogP contribution in [0.3, 0.4) is 0 Å². The minimum absolute atomic E-state index is 0.220. The van der Waals surface area contributed by atoms with Crippen LogP contribution in [0.5, 0.6) is 5.75 Å². The first-order valence-electron chi connectivity index (χ1n) is 7.43. The van der Waals surface area contributed by atoms with Gasteiger partial charge in [0.15, 0.2) is 6.10 Å². The molecule has 0 bridgehead atoms. The molecule has 1 amide bonds. The molecule has 120 valence electrons. The van der Waals surface area contributed by atoms with Crippen molar-refractivity contribution in [3.8, 4) is 5.75 Å². The summed E-state index contributed by atoms with van der Waals surface area (Å²) in [5.41, 5.74) is 0. The van der Waals surface area contributed by atoms with E-state index in [0.29, 0.717) is 13.0 Å². The molecule has 1 aliphatic carbocycles. The van der Waals surface area contributed by atoms with E-state index in [9.17, 15) is 9.59 Å². The number of nitrogens with one attached hydrogen (secondary N) is 1. The Balaban J connectivity index is 1.58. The maximum absolute atomic E-state index is 11.7. The van der Waals surface area contributed by atoms with E-state index in [0.717, 1.165) is 23.1 Å². The zero-order valence-corrected chi connectivity index (χ0v) is 14.1. The van der Waals surface area contributed by atoms with E-state index in [1.807, 2.05) is 24.3 Å². The number of esters is 1. The second-order valence-electron chi connectivity index (χ2n) is 5.32. The minimum atomic E-state index is -0.736. The third kappa shape index (κ3) is 6.05. The summed E-state index contributed by atoms with van der Waals surface area (Å²) in [6, 6.07) is 7.76. The highest BCUT2D eigenvalue weighted by Gasteiger charge is 2.26. The van der Waals surface area contributed by atoms with Gasteiger partial charge in [-0.2, -0.15) is 0 Å². The van der Waals surface area contributed by atoms with E-state index in [1.165, 1.54) is 0 Å². The molecule has 0 spiro atoms. The summed E-state index contributed by atoms with van der Waals surface area (Å²) in [5, 5.41) is 2.81. The molecule has 0 radical (unpaired) electrons. The van der Waals surface area contributed by atoms with E-state index in [-0.39, 0.29) is 24.3 Å². The predicted molar refractivity (Wildman–Crippen MR) is 85.6 cm³/mol. The van der Waals surface area contributed by atoms with E-state index in [2.05, 4.69) is 21.2 Å². The number of amides is 1. The molecule has 0 aromatic heterocycles. The van der Waals surface area contributed by atoms with Crippen molar-refractivity contribution >= 4 is 27.8 Å². The Morgan fingerprint density at radius 2 is 2.00 bits per heavy atom. The molecule has 6 heteroatoms. The van der Waals surface area contributed by atoms with Crippen LogP contribution in [0.4, 0.5) is 0 Å². The number of carbonyl (C=O) groups is 2. The molecular formula is C16H20BrNO4. The molecule has 0 unspecified atom stereocenters. The zero-order valence-electron chi connectivity index (χ0n) is 12.5. The fraction of sp³-hybridized carbons (Fsp3) is 0.500. The van der Waals surface area contributed by atoms with Crippen LogP contribution in [0, 0.1) is 0 Å². The van der Waals surface area contributed by atoms with Gasteiger partial charge in [-0.15, -0.1) is 0 Å². The zero-order chi connectivity index (χ0) is 15.9. The Morgan fingerprint density at radius 3 is 2.64 bits per heavy atom. The lowest BCUT2D eigenvalue weighted by Crippen LogP contribution is -2.37. The molecule has 1 aromatic rings. The summed E-state index contributed by atoms with van der Waals surface area (Å²) in [4.78, 5) is 23.3. The second kappa shape index (κ2) is 8.17. The van der Waals surface area contributed by atoms with Crippen LogP contribution >= 0.6 is 15.9 Å². The highest BCUT2D eigenvalue weighted by atomic mass is 79.9. The van der Waals surface area contributed by atoms with Crippen molar-refractivity contribution in [3.05, 3.63) is 28.7 Å². The summed E-state index contributed by atoms with van der Waals surface area (Å²) >= 11 is 3.35. The van der Waals surface area contributed by atoms with Crippen molar-refractivity contribution < 1.29 is 19.1 Å². The molecule has 1 N–H and O–H groups in total. The Bertz CT molecular complexity index is 513. The molecule has 1 aliphatic rings. The molecule has 0 saturated heterocycles. The highest BCUT2D eigenvalue weighted by Crippen LogP contribution is 2.19. The van der Waals surface area contributed by atoms with Gasteiger partial charge in [-0.05, 0) is 50.5 Å². The van der Waals surface area contributed by atoms with Gasteiger partial charge in [-0.1, -0.05) is 15.9 Å². The summed E-state index contributed by atoms with van der Waals surface area (Å²) < 4.78 is 11.6. The van der Waals surface area contributed by atoms with Crippen molar-refractivity contribution in [2.24, 2.45) is 0 Å². The van der Waals surface area contributed by atoms with Gasteiger partial charge in [-0.3, -0.25) is 9.59 Å². The van der Waals surface area contributed by atoms with Gasteiger partial charge in [0.2, 0.25) is 0 Å². The number of halogens is 1. The molecular weight excluding hydrogens is 350 g/mol. The Morgan fingerprint density at radius 1 is 1.32 bits per heavy atom. The summed E-state index contributed by atoms with van der Waals surface area (Å²) in [6.45, 7) is 2.02. The van der Waals surface area contributed by atoms with E-state index >= 15 is 0 Å². The number of benzene rings is 1. The maximum atomic E-state index is 11.7. The van der Waals surface area contributed by atoms with Gasteiger partial charge in [0.25, 0.3) is 5.91 Å². The maximum Gasteiger partial charge on any atom is 0.306 e. The number of hydrogen-bond acceptors (Lipinski definition) is 4. The fourth-order valence-corrected chi connectivity index (χ4v) is 2.06. The van der Waals surface area contributed by atoms with Gasteiger partial charge in [0.05, 0.1) is 6.61 Å². The van der Waals surface area contributed by atoms with E-state index in [1.54, 1.807) is 6.92 Å². The molecule has 5 nitrogen and oxygen atoms in total. The molecule has 1 fully saturated rings. The molecule has 0 aliphatic heterocycles. The molecule has 1 atom stereocenters. The van der Waals surface area contributed by atoms with Crippen LogP contribution in [0.2, 0.25) is 0 Å². The Kier molecular flexibility index (Phi) is 6.24. The minimum Gasteiger partial charge on any atom is -0.494 e. The lowest BCUT2D eigenvalue weighted by molar-refractivity contribution is -0.155. The number of ether oxygens (including phenoxy) is 2. The summed E-state index contributed by atoms with van der Waals surface area (Å²) in [6.07, 6.45) is 2.07. The normalized spacial score (nSPS) is 15.0. The van der Waals surface area contributed by atoms with Crippen LogP contribution in [0.25, 0.3) is 0 Å². The summed E-state index contributed by atoms with van der Waals surface area (Å²) in [5.74, 6) is 0.161. The Hall–Kier alpha value is -1.56. The monoisotopic (exact) mass is 369 g/mol. The fourth-order valence-electron chi connectivity index (χ4n) is 1.79. The number of hydrogen-bond donors (Lipinski definition) is 1. The third-order valence-corrected chi connectivity index (χ3v) is 3.74. The first-order chi connectivity index (χ1) is 10.5. The van der Waals surface area contributed by atoms with Crippen LogP contribution in [-0.2, 0) is 14.3 Å². The average Bonchev–Trinajstić information content (AvgIpc) is 3.29. The van der Waals surface area contributed by atoms with Crippen LogP contribution in [0.1, 0.15) is 32.6 Å². The number of carbonyl (C=O) groups excluding carboxylic acids is 2. The van der Waals surface area contributed by atoms with E-state index in [4.69, 9.17) is 9.47 Å². The molecule has 22 heavy (non-hydrogen) atoms. The van der Waals surface area contributed by atoms with Crippen molar-refractivity contribution in [2.45, 2.75) is 44.8 Å².